The molecule has 0 spiro atoms. The molecule has 0 atom stereocenters. The first-order valence-electron chi connectivity index (χ1n) is 10.8. The molecule has 6 heteroatoms. The molecule has 168 valence electrons. The van der Waals surface area contributed by atoms with Gasteiger partial charge in [0, 0.05) is 12.6 Å². The Labute approximate surface area is 184 Å². The lowest BCUT2D eigenvalue weighted by atomic mass is 9.92. The Balaban J connectivity index is 1.97. The maximum absolute atomic E-state index is 14.6. The SMILES string of the molecule is Cc1cc(F)c(NCCC(C)(C)C)cc1-c1cc(OCCO)nc(C2=CCOCC2)c1. The molecule has 31 heavy (non-hydrogen) atoms. The zero-order valence-electron chi connectivity index (χ0n) is 18.9. The molecule has 0 bridgehead atoms. The third kappa shape index (κ3) is 6.52. The molecule has 1 aromatic heterocycles. The Bertz CT molecular complexity index is 935. The smallest absolute Gasteiger partial charge is 0.214 e. The van der Waals surface area contributed by atoms with Crippen LogP contribution < -0.4 is 10.1 Å². The molecule has 0 saturated heterocycles. The highest BCUT2D eigenvalue weighted by Gasteiger charge is 2.16. The Hall–Kier alpha value is -2.44. The second-order valence-corrected chi connectivity index (χ2v) is 9.09. The Morgan fingerprint density at radius 2 is 2.03 bits per heavy atom. The zero-order chi connectivity index (χ0) is 22.4. The standard InChI is InChI=1S/C25H33FN2O3/c1-17-13-21(26)23(27-8-7-25(2,3)4)16-20(17)19-14-22(18-5-10-30-11-6-18)28-24(15-19)31-12-9-29/h5,13-16,27,29H,6-12H2,1-4H3. The van der Waals surface area contributed by atoms with Gasteiger partial charge in [0.15, 0.2) is 0 Å². The van der Waals surface area contributed by atoms with E-state index in [4.69, 9.17) is 14.6 Å². The molecular formula is C25H33FN2O3. The van der Waals surface area contributed by atoms with Crippen molar-refractivity contribution in [2.24, 2.45) is 5.41 Å². The lowest BCUT2D eigenvalue weighted by molar-refractivity contribution is 0.161. The third-order valence-electron chi connectivity index (χ3n) is 5.25. The molecule has 0 aliphatic carbocycles. The summed E-state index contributed by atoms with van der Waals surface area (Å²) in [4.78, 5) is 4.62. The van der Waals surface area contributed by atoms with Gasteiger partial charge in [0.05, 0.1) is 31.2 Å². The monoisotopic (exact) mass is 428 g/mol. The number of pyridine rings is 1. The number of hydrogen-bond acceptors (Lipinski definition) is 5. The van der Waals surface area contributed by atoms with Crippen molar-refractivity contribution in [3.63, 3.8) is 0 Å². The van der Waals surface area contributed by atoms with Crippen LogP contribution in [0, 0.1) is 18.2 Å². The van der Waals surface area contributed by atoms with E-state index in [2.05, 4.69) is 31.1 Å². The van der Waals surface area contributed by atoms with Crippen LogP contribution in [-0.4, -0.2) is 43.1 Å². The summed E-state index contributed by atoms with van der Waals surface area (Å²) < 4.78 is 25.7. The average molecular weight is 429 g/mol. The average Bonchev–Trinajstić information content (AvgIpc) is 2.73. The van der Waals surface area contributed by atoms with Crippen molar-refractivity contribution >= 4 is 11.3 Å². The number of rotatable bonds is 8. The van der Waals surface area contributed by atoms with Gasteiger partial charge in [0.2, 0.25) is 5.88 Å². The van der Waals surface area contributed by atoms with Gasteiger partial charge in [-0.2, -0.15) is 0 Å². The van der Waals surface area contributed by atoms with Gasteiger partial charge in [-0.3, -0.25) is 0 Å². The minimum atomic E-state index is -0.256. The number of anilines is 1. The van der Waals surface area contributed by atoms with Crippen molar-refractivity contribution in [3.05, 3.63) is 47.4 Å². The highest BCUT2D eigenvalue weighted by Crippen LogP contribution is 2.33. The summed E-state index contributed by atoms with van der Waals surface area (Å²) in [7, 11) is 0. The van der Waals surface area contributed by atoms with Gasteiger partial charge in [-0.15, -0.1) is 0 Å². The number of nitrogens with one attached hydrogen (secondary N) is 1. The summed E-state index contributed by atoms with van der Waals surface area (Å²) in [6, 6.07) is 7.29. The number of halogens is 1. The number of nitrogens with zero attached hydrogens (tertiary/aromatic N) is 1. The van der Waals surface area contributed by atoms with E-state index in [1.165, 1.54) is 0 Å². The molecule has 0 saturated carbocycles. The largest absolute Gasteiger partial charge is 0.475 e. The number of hydrogen-bond donors (Lipinski definition) is 2. The molecule has 0 amide bonds. The maximum atomic E-state index is 14.6. The predicted octanol–water partition coefficient (Wildman–Crippen LogP) is 5.22. The second-order valence-electron chi connectivity index (χ2n) is 9.09. The molecule has 2 heterocycles. The number of aryl methyl sites for hydroxylation is 1. The molecule has 0 unspecified atom stereocenters. The van der Waals surface area contributed by atoms with Gasteiger partial charge >= 0.3 is 0 Å². The summed E-state index contributed by atoms with van der Waals surface area (Å²) in [6.07, 6.45) is 3.74. The molecular weight excluding hydrogens is 395 g/mol. The predicted molar refractivity (Wildman–Crippen MR) is 123 cm³/mol. The van der Waals surface area contributed by atoms with Crippen LogP contribution in [0.1, 0.15) is 44.9 Å². The molecule has 1 aromatic carbocycles. The van der Waals surface area contributed by atoms with Crippen LogP contribution >= 0.6 is 0 Å². The maximum Gasteiger partial charge on any atom is 0.214 e. The number of aromatic nitrogens is 1. The van der Waals surface area contributed by atoms with Crippen LogP contribution in [0.2, 0.25) is 0 Å². The van der Waals surface area contributed by atoms with Crippen molar-refractivity contribution in [1.82, 2.24) is 4.98 Å². The zero-order valence-corrected chi connectivity index (χ0v) is 18.9. The van der Waals surface area contributed by atoms with Crippen LogP contribution in [0.15, 0.2) is 30.3 Å². The fraction of sp³-hybridized carbons (Fsp3) is 0.480. The second kappa shape index (κ2) is 10.2. The minimum absolute atomic E-state index is 0.0881. The van der Waals surface area contributed by atoms with Crippen molar-refractivity contribution < 1.29 is 19.0 Å². The molecule has 0 radical (unpaired) electrons. The highest BCUT2D eigenvalue weighted by molar-refractivity contribution is 5.76. The van der Waals surface area contributed by atoms with Gasteiger partial charge in [-0.05, 0) is 65.6 Å². The number of aliphatic hydroxyl groups excluding tert-OH is 1. The van der Waals surface area contributed by atoms with Crippen molar-refractivity contribution in [1.29, 1.82) is 0 Å². The molecule has 2 N–H and O–H groups in total. The number of aliphatic hydroxyl groups is 1. The first-order chi connectivity index (χ1) is 14.8. The van der Waals surface area contributed by atoms with Gasteiger partial charge < -0.3 is 19.9 Å². The molecule has 2 aromatic rings. The van der Waals surface area contributed by atoms with Crippen LogP contribution in [0.4, 0.5) is 10.1 Å². The van der Waals surface area contributed by atoms with Crippen LogP contribution in [-0.2, 0) is 4.74 Å². The van der Waals surface area contributed by atoms with E-state index in [0.717, 1.165) is 40.8 Å². The minimum Gasteiger partial charge on any atom is -0.475 e. The summed E-state index contributed by atoms with van der Waals surface area (Å²) in [6.45, 7) is 10.4. The van der Waals surface area contributed by atoms with E-state index in [1.54, 1.807) is 6.07 Å². The van der Waals surface area contributed by atoms with Gasteiger partial charge in [0.1, 0.15) is 12.4 Å². The van der Waals surface area contributed by atoms with Crippen LogP contribution in [0.3, 0.4) is 0 Å². The first kappa shape index (κ1) is 23.2. The quantitative estimate of drug-likeness (QED) is 0.604. The highest BCUT2D eigenvalue weighted by atomic mass is 19.1. The number of ether oxygens (including phenoxy) is 2. The summed E-state index contributed by atoms with van der Waals surface area (Å²) in [5.74, 6) is 0.188. The van der Waals surface area contributed by atoms with E-state index in [-0.39, 0.29) is 24.4 Å². The fourth-order valence-corrected chi connectivity index (χ4v) is 3.50. The number of benzene rings is 1. The molecule has 0 fully saturated rings. The first-order valence-corrected chi connectivity index (χ1v) is 10.8. The molecule has 3 rings (SSSR count). The third-order valence-corrected chi connectivity index (χ3v) is 5.25. The molecule has 5 nitrogen and oxygen atoms in total. The normalized spacial score (nSPS) is 14.3. The van der Waals surface area contributed by atoms with Crippen LogP contribution in [0.25, 0.3) is 16.7 Å². The van der Waals surface area contributed by atoms with E-state index in [0.29, 0.717) is 31.3 Å². The van der Waals surface area contributed by atoms with Crippen molar-refractivity contribution in [2.45, 2.75) is 40.5 Å². The Kier molecular flexibility index (Phi) is 7.68. The molecule has 1 aliphatic heterocycles. The summed E-state index contributed by atoms with van der Waals surface area (Å²) in [5, 5.41) is 12.4. The Morgan fingerprint density at radius 1 is 1.23 bits per heavy atom. The fourth-order valence-electron chi connectivity index (χ4n) is 3.50. The van der Waals surface area contributed by atoms with Gasteiger partial charge in [0.25, 0.3) is 0 Å². The van der Waals surface area contributed by atoms with E-state index < -0.39 is 0 Å². The van der Waals surface area contributed by atoms with E-state index in [1.807, 2.05) is 31.2 Å². The lowest BCUT2D eigenvalue weighted by Crippen LogP contribution is -2.13. The topological polar surface area (TPSA) is 63.6 Å². The van der Waals surface area contributed by atoms with Gasteiger partial charge in [-0.1, -0.05) is 26.8 Å². The summed E-state index contributed by atoms with van der Waals surface area (Å²) >= 11 is 0. The van der Waals surface area contributed by atoms with Crippen molar-refractivity contribution in [3.8, 4) is 17.0 Å². The molecule has 1 aliphatic rings. The van der Waals surface area contributed by atoms with E-state index in [9.17, 15) is 4.39 Å². The Morgan fingerprint density at radius 3 is 2.71 bits per heavy atom. The van der Waals surface area contributed by atoms with Gasteiger partial charge in [-0.25, -0.2) is 9.37 Å². The van der Waals surface area contributed by atoms with Crippen LogP contribution in [0.5, 0.6) is 5.88 Å². The van der Waals surface area contributed by atoms with Crippen molar-refractivity contribution in [2.75, 3.05) is 38.3 Å². The summed E-state index contributed by atoms with van der Waals surface area (Å²) in [5.41, 5.74) is 5.25. The van der Waals surface area contributed by atoms with E-state index >= 15 is 0 Å². The lowest BCUT2D eigenvalue weighted by Gasteiger charge is -2.20.